The summed E-state index contributed by atoms with van der Waals surface area (Å²) in [5.74, 6) is 0.808. The third-order valence-electron chi connectivity index (χ3n) is 2.54. The Balaban J connectivity index is 2.15. The van der Waals surface area contributed by atoms with Crippen molar-refractivity contribution in [1.29, 1.82) is 0 Å². The number of benzene rings is 1. The summed E-state index contributed by atoms with van der Waals surface area (Å²) in [6, 6.07) is 7.84. The van der Waals surface area contributed by atoms with Crippen molar-refractivity contribution in [1.82, 2.24) is 5.32 Å². The first-order valence-electron chi connectivity index (χ1n) is 6.41. The van der Waals surface area contributed by atoms with Gasteiger partial charge in [0.25, 0.3) is 0 Å². The lowest BCUT2D eigenvalue weighted by Crippen LogP contribution is -2.31. The summed E-state index contributed by atoms with van der Waals surface area (Å²) in [6.45, 7) is 5.78. The summed E-state index contributed by atoms with van der Waals surface area (Å²) in [6.07, 6.45) is 4.64. The van der Waals surface area contributed by atoms with Crippen LogP contribution in [0.3, 0.4) is 0 Å². The van der Waals surface area contributed by atoms with E-state index in [2.05, 4.69) is 11.4 Å². The molecule has 3 heteroatoms. The van der Waals surface area contributed by atoms with Crippen molar-refractivity contribution in [3.63, 3.8) is 0 Å². The van der Waals surface area contributed by atoms with E-state index in [0.717, 1.165) is 24.3 Å². The van der Waals surface area contributed by atoms with Crippen molar-refractivity contribution in [3.8, 4) is 5.75 Å². The van der Waals surface area contributed by atoms with Gasteiger partial charge in [-0.1, -0.05) is 24.3 Å². The second-order valence-electron chi connectivity index (χ2n) is 4.34. The van der Waals surface area contributed by atoms with Gasteiger partial charge in [0.1, 0.15) is 18.5 Å². The molecule has 0 aliphatic rings. The molecule has 0 bridgehead atoms. The average molecular weight is 249 g/mol. The molecule has 0 spiro atoms. The summed E-state index contributed by atoms with van der Waals surface area (Å²) in [5.41, 5.74) is 1.16. The maximum Gasteiger partial charge on any atom is 0.119 e. The number of hydrogen-bond acceptors (Lipinski definition) is 3. The summed E-state index contributed by atoms with van der Waals surface area (Å²) in [4.78, 5) is 0. The van der Waals surface area contributed by atoms with E-state index < -0.39 is 6.10 Å². The molecule has 0 radical (unpaired) electrons. The van der Waals surface area contributed by atoms with Crippen LogP contribution in [0.1, 0.15) is 18.9 Å². The highest BCUT2D eigenvalue weighted by Crippen LogP contribution is 2.12. The topological polar surface area (TPSA) is 41.5 Å². The number of hydrogen-bond donors (Lipinski definition) is 2. The molecule has 0 heterocycles. The molecule has 0 amide bonds. The highest BCUT2D eigenvalue weighted by Gasteiger charge is 2.04. The molecule has 3 nitrogen and oxygen atoms in total. The zero-order valence-electron chi connectivity index (χ0n) is 11.2. The molecule has 1 rings (SSSR count). The first-order valence-corrected chi connectivity index (χ1v) is 6.41. The van der Waals surface area contributed by atoms with Crippen LogP contribution in [0, 0.1) is 6.92 Å². The van der Waals surface area contributed by atoms with Gasteiger partial charge in [0, 0.05) is 6.54 Å². The minimum atomic E-state index is -0.476. The molecule has 1 atom stereocenters. The monoisotopic (exact) mass is 249 g/mol. The molecular formula is C15H23NO2. The number of aliphatic hydroxyl groups excluding tert-OH is 1. The number of aliphatic hydroxyl groups is 1. The average Bonchev–Trinajstić information content (AvgIpc) is 2.36. The molecular weight excluding hydrogens is 226 g/mol. The van der Waals surface area contributed by atoms with Crippen LogP contribution in [0.15, 0.2) is 36.4 Å². The Morgan fingerprint density at radius 2 is 2.28 bits per heavy atom. The predicted molar refractivity (Wildman–Crippen MR) is 75.0 cm³/mol. The quantitative estimate of drug-likeness (QED) is 0.548. The Bertz CT molecular complexity index is 363. The summed E-state index contributed by atoms with van der Waals surface area (Å²) in [7, 11) is 0. The van der Waals surface area contributed by atoms with Gasteiger partial charge in [0.05, 0.1) is 0 Å². The van der Waals surface area contributed by atoms with Crippen molar-refractivity contribution < 1.29 is 9.84 Å². The SMILES string of the molecule is C/C=C/CCNCC(O)COc1cccc(C)c1. The molecule has 1 aromatic carbocycles. The lowest BCUT2D eigenvalue weighted by Gasteiger charge is -2.13. The third-order valence-corrected chi connectivity index (χ3v) is 2.54. The molecule has 0 saturated carbocycles. The first-order chi connectivity index (χ1) is 8.72. The van der Waals surface area contributed by atoms with Crippen LogP contribution in [-0.2, 0) is 0 Å². The van der Waals surface area contributed by atoms with E-state index in [0.29, 0.717) is 13.2 Å². The van der Waals surface area contributed by atoms with Crippen LogP contribution in [0.4, 0.5) is 0 Å². The highest BCUT2D eigenvalue weighted by atomic mass is 16.5. The Hall–Kier alpha value is -1.32. The van der Waals surface area contributed by atoms with Crippen LogP contribution in [-0.4, -0.2) is 30.9 Å². The molecule has 0 saturated heterocycles. The van der Waals surface area contributed by atoms with Crippen LogP contribution in [0.2, 0.25) is 0 Å². The van der Waals surface area contributed by atoms with Gasteiger partial charge in [0.2, 0.25) is 0 Å². The maximum atomic E-state index is 9.73. The Labute approximate surface area is 109 Å². The molecule has 0 aromatic heterocycles. The minimum absolute atomic E-state index is 0.320. The van der Waals surface area contributed by atoms with Crippen molar-refractivity contribution in [2.75, 3.05) is 19.7 Å². The number of aryl methyl sites for hydroxylation is 1. The molecule has 18 heavy (non-hydrogen) atoms. The summed E-state index contributed by atoms with van der Waals surface area (Å²) < 4.78 is 5.52. The fourth-order valence-corrected chi connectivity index (χ4v) is 1.58. The van der Waals surface area contributed by atoms with Crippen LogP contribution >= 0.6 is 0 Å². The normalized spacial score (nSPS) is 12.8. The molecule has 0 aliphatic heterocycles. The van der Waals surface area contributed by atoms with E-state index in [1.54, 1.807) is 0 Å². The van der Waals surface area contributed by atoms with E-state index in [-0.39, 0.29) is 0 Å². The smallest absolute Gasteiger partial charge is 0.119 e. The van der Waals surface area contributed by atoms with Crippen LogP contribution in [0.5, 0.6) is 5.75 Å². The van der Waals surface area contributed by atoms with E-state index >= 15 is 0 Å². The van der Waals surface area contributed by atoms with Gasteiger partial charge < -0.3 is 15.2 Å². The van der Waals surface area contributed by atoms with Crippen molar-refractivity contribution in [3.05, 3.63) is 42.0 Å². The second kappa shape index (κ2) is 8.72. The zero-order chi connectivity index (χ0) is 13.2. The summed E-state index contributed by atoms with van der Waals surface area (Å²) in [5, 5.41) is 12.9. The molecule has 1 aromatic rings. The van der Waals surface area contributed by atoms with Crippen molar-refractivity contribution in [2.45, 2.75) is 26.4 Å². The van der Waals surface area contributed by atoms with E-state index in [4.69, 9.17) is 4.74 Å². The highest BCUT2D eigenvalue weighted by molar-refractivity contribution is 5.27. The van der Waals surface area contributed by atoms with Crippen LogP contribution < -0.4 is 10.1 Å². The summed E-state index contributed by atoms with van der Waals surface area (Å²) >= 11 is 0. The fourth-order valence-electron chi connectivity index (χ4n) is 1.58. The first kappa shape index (κ1) is 14.7. The van der Waals surface area contributed by atoms with E-state index in [9.17, 15) is 5.11 Å². The second-order valence-corrected chi connectivity index (χ2v) is 4.34. The lowest BCUT2D eigenvalue weighted by molar-refractivity contribution is 0.106. The number of rotatable bonds is 8. The zero-order valence-corrected chi connectivity index (χ0v) is 11.2. The standard InChI is InChI=1S/C15H23NO2/c1-3-4-5-9-16-11-14(17)12-18-15-8-6-7-13(2)10-15/h3-4,6-8,10,14,16-17H,5,9,11-12H2,1-2H3/b4-3+. The Morgan fingerprint density at radius 1 is 1.44 bits per heavy atom. The van der Waals surface area contributed by atoms with Gasteiger partial charge in [-0.05, 0) is 44.5 Å². The largest absolute Gasteiger partial charge is 0.491 e. The Morgan fingerprint density at radius 3 is 3.00 bits per heavy atom. The minimum Gasteiger partial charge on any atom is -0.491 e. The fraction of sp³-hybridized carbons (Fsp3) is 0.467. The van der Waals surface area contributed by atoms with Crippen LogP contribution in [0.25, 0.3) is 0 Å². The van der Waals surface area contributed by atoms with E-state index in [1.807, 2.05) is 44.2 Å². The number of nitrogens with one attached hydrogen (secondary N) is 1. The Kier molecular flexibility index (Phi) is 7.14. The molecule has 2 N–H and O–H groups in total. The van der Waals surface area contributed by atoms with Gasteiger partial charge in [-0.15, -0.1) is 0 Å². The number of ether oxygens (including phenoxy) is 1. The number of allylic oxidation sites excluding steroid dienone is 1. The van der Waals surface area contributed by atoms with Gasteiger partial charge in [-0.25, -0.2) is 0 Å². The molecule has 100 valence electrons. The maximum absolute atomic E-state index is 9.73. The lowest BCUT2D eigenvalue weighted by atomic mass is 10.2. The molecule has 0 aliphatic carbocycles. The van der Waals surface area contributed by atoms with E-state index in [1.165, 1.54) is 0 Å². The van der Waals surface area contributed by atoms with Gasteiger partial charge in [-0.2, -0.15) is 0 Å². The van der Waals surface area contributed by atoms with Crippen molar-refractivity contribution >= 4 is 0 Å². The predicted octanol–water partition coefficient (Wildman–Crippen LogP) is 2.29. The van der Waals surface area contributed by atoms with Gasteiger partial charge >= 0.3 is 0 Å². The van der Waals surface area contributed by atoms with Gasteiger partial charge in [0.15, 0.2) is 0 Å². The molecule has 0 fully saturated rings. The third kappa shape index (κ3) is 6.42. The van der Waals surface area contributed by atoms with Gasteiger partial charge in [-0.3, -0.25) is 0 Å². The molecule has 1 unspecified atom stereocenters. The van der Waals surface area contributed by atoms with Crippen molar-refractivity contribution in [2.24, 2.45) is 0 Å².